The molecule has 2 N–H and O–H groups in total. The standard InChI is InChI=1S/C17H26ClNO2/c1-13-4-3-5-14(2)19(13)10-17(20)12-21-11-15-6-8-16(18)9-7-15/h6-9,13-14,17,20H,3-5,10-12H2,1-2H3/p+1/t13-,14-,17-/m1/s1. The van der Waals surface area contributed by atoms with Gasteiger partial charge in [0.15, 0.2) is 0 Å². The minimum absolute atomic E-state index is 0.393. The maximum absolute atomic E-state index is 10.2. The van der Waals surface area contributed by atoms with Gasteiger partial charge in [0.05, 0.1) is 25.3 Å². The summed E-state index contributed by atoms with van der Waals surface area (Å²) in [5.74, 6) is 0. The van der Waals surface area contributed by atoms with Crippen molar-refractivity contribution in [2.75, 3.05) is 13.2 Å². The molecule has 1 heterocycles. The lowest BCUT2D eigenvalue weighted by atomic mass is 9.97. The number of aliphatic hydroxyl groups is 1. The van der Waals surface area contributed by atoms with Gasteiger partial charge in [-0.1, -0.05) is 23.7 Å². The molecule has 21 heavy (non-hydrogen) atoms. The molecule has 0 radical (unpaired) electrons. The van der Waals surface area contributed by atoms with E-state index in [9.17, 15) is 5.11 Å². The smallest absolute Gasteiger partial charge is 0.126 e. The van der Waals surface area contributed by atoms with Crippen molar-refractivity contribution in [1.29, 1.82) is 0 Å². The summed E-state index contributed by atoms with van der Waals surface area (Å²) in [6.07, 6.45) is 3.45. The Morgan fingerprint density at radius 1 is 1.24 bits per heavy atom. The first-order chi connectivity index (χ1) is 10.1. The number of aliphatic hydroxyl groups excluding tert-OH is 1. The Balaban J connectivity index is 1.71. The van der Waals surface area contributed by atoms with Crippen LogP contribution < -0.4 is 4.90 Å². The molecule has 0 bridgehead atoms. The topological polar surface area (TPSA) is 33.9 Å². The van der Waals surface area contributed by atoms with E-state index >= 15 is 0 Å². The number of piperidine rings is 1. The SMILES string of the molecule is C[C@@H]1CCC[C@@H](C)[NH+]1C[C@@H](O)COCc1ccc(Cl)cc1. The molecule has 4 heteroatoms. The van der Waals surface area contributed by atoms with E-state index in [1.165, 1.54) is 24.2 Å². The summed E-state index contributed by atoms with van der Waals surface area (Å²) < 4.78 is 5.63. The molecule has 1 aliphatic rings. The van der Waals surface area contributed by atoms with Gasteiger partial charge in [-0.3, -0.25) is 0 Å². The summed E-state index contributed by atoms with van der Waals surface area (Å²) in [5.41, 5.74) is 1.08. The number of halogens is 1. The van der Waals surface area contributed by atoms with Crippen molar-refractivity contribution in [2.45, 2.75) is 57.9 Å². The van der Waals surface area contributed by atoms with Crippen LogP contribution in [0.2, 0.25) is 5.02 Å². The fraction of sp³-hybridized carbons (Fsp3) is 0.647. The Morgan fingerprint density at radius 3 is 2.48 bits per heavy atom. The molecule has 0 aliphatic carbocycles. The van der Waals surface area contributed by atoms with Gasteiger partial charge >= 0.3 is 0 Å². The van der Waals surface area contributed by atoms with Crippen LogP contribution in [0.25, 0.3) is 0 Å². The number of benzene rings is 1. The zero-order chi connectivity index (χ0) is 15.2. The molecule has 3 nitrogen and oxygen atoms in total. The first-order valence-electron chi connectivity index (χ1n) is 7.92. The van der Waals surface area contributed by atoms with Crippen molar-refractivity contribution in [3.8, 4) is 0 Å². The van der Waals surface area contributed by atoms with Crippen molar-refractivity contribution in [1.82, 2.24) is 0 Å². The van der Waals surface area contributed by atoms with Crippen molar-refractivity contribution in [3.63, 3.8) is 0 Å². The monoisotopic (exact) mass is 312 g/mol. The zero-order valence-electron chi connectivity index (χ0n) is 13.0. The van der Waals surface area contributed by atoms with Gasteiger partial charge in [0.1, 0.15) is 12.6 Å². The highest BCUT2D eigenvalue weighted by atomic mass is 35.5. The first-order valence-corrected chi connectivity index (χ1v) is 8.30. The second-order valence-electron chi connectivity index (χ2n) is 6.31. The lowest BCUT2D eigenvalue weighted by molar-refractivity contribution is -0.954. The molecule has 0 saturated carbocycles. The fourth-order valence-corrected chi connectivity index (χ4v) is 3.34. The van der Waals surface area contributed by atoms with E-state index in [2.05, 4.69) is 13.8 Å². The van der Waals surface area contributed by atoms with Crippen LogP contribution in [0.5, 0.6) is 0 Å². The second kappa shape index (κ2) is 8.14. The van der Waals surface area contributed by atoms with Crippen LogP contribution in [0.15, 0.2) is 24.3 Å². The predicted octanol–water partition coefficient (Wildman–Crippen LogP) is 2.06. The molecule has 2 rings (SSSR count). The molecule has 0 spiro atoms. The number of ether oxygens (including phenoxy) is 1. The molecule has 1 aliphatic heterocycles. The molecule has 1 aromatic carbocycles. The Bertz CT molecular complexity index is 413. The van der Waals surface area contributed by atoms with E-state index in [0.717, 1.165) is 17.1 Å². The van der Waals surface area contributed by atoms with Gasteiger partial charge in [-0.15, -0.1) is 0 Å². The van der Waals surface area contributed by atoms with Gasteiger partial charge < -0.3 is 14.7 Å². The Morgan fingerprint density at radius 2 is 1.86 bits per heavy atom. The van der Waals surface area contributed by atoms with Crippen molar-refractivity contribution in [2.24, 2.45) is 0 Å². The summed E-state index contributed by atoms with van der Waals surface area (Å²) in [7, 11) is 0. The Labute approximate surface area is 132 Å². The summed E-state index contributed by atoms with van der Waals surface area (Å²) in [4.78, 5) is 1.52. The molecule has 0 aromatic heterocycles. The lowest BCUT2D eigenvalue weighted by Crippen LogP contribution is -3.20. The number of hydrogen-bond acceptors (Lipinski definition) is 2. The van der Waals surface area contributed by atoms with E-state index in [1.54, 1.807) is 0 Å². The van der Waals surface area contributed by atoms with E-state index in [1.807, 2.05) is 24.3 Å². The number of rotatable bonds is 6. The van der Waals surface area contributed by atoms with Crippen LogP contribution in [0.4, 0.5) is 0 Å². The third-order valence-corrected chi connectivity index (χ3v) is 4.76. The van der Waals surface area contributed by atoms with E-state index in [0.29, 0.717) is 25.3 Å². The van der Waals surface area contributed by atoms with Gasteiger partial charge in [0.2, 0.25) is 0 Å². The molecular weight excluding hydrogens is 286 g/mol. The maximum Gasteiger partial charge on any atom is 0.126 e. The normalized spacial score (nSPS) is 25.0. The number of likely N-dealkylation sites (tertiary alicyclic amines) is 1. The average molecular weight is 313 g/mol. The van der Waals surface area contributed by atoms with Gasteiger partial charge in [0, 0.05) is 5.02 Å². The van der Waals surface area contributed by atoms with Gasteiger partial charge in [-0.05, 0) is 50.8 Å². The van der Waals surface area contributed by atoms with Gasteiger partial charge in [0.25, 0.3) is 0 Å². The summed E-state index contributed by atoms with van der Waals surface area (Å²) in [6, 6.07) is 8.90. The van der Waals surface area contributed by atoms with Crippen LogP contribution in [0.3, 0.4) is 0 Å². The van der Waals surface area contributed by atoms with Gasteiger partial charge in [-0.25, -0.2) is 0 Å². The van der Waals surface area contributed by atoms with Gasteiger partial charge in [-0.2, -0.15) is 0 Å². The van der Waals surface area contributed by atoms with Crippen molar-refractivity contribution >= 4 is 11.6 Å². The molecule has 3 atom stereocenters. The van der Waals surface area contributed by atoms with Crippen LogP contribution in [0, 0.1) is 0 Å². The first kappa shape index (κ1) is 16.8. The molecular formula is C17H27ClNO2+. The third kappa shape index (κ3) is 5.26. The average Bonchev–Trinajstić information content (AvgIpc) is 2.45. The number of hydrogen-bond donors (Lipinski definition) is 2. The molecule has 1 aromatic rings. The highest BCUT2D eigenvalue weighted by molar-refractivity contribution is 6.30. The number of nitrogens with one attached hydrogen (secondary N) is 1. The molecule has 0 amide bonds. The van der Waals surface area contributed by atoms with E-state index in [4.69, 9.17) is 16.3 Å². The van der Waals surface area contributed by atoms with E-state index < -0.39 is 6.10 Å². The van der Waals surface area contributed by atoms with Crippen LogP contribution in [0.1, 0.15) is 38.7 Å². The van der Waals surface area contributed by atoms with Crippen molar-refractivity contribution in [3.05, 3.63) is 34.9 Å². The third-order valence-electron chi connectivity index (χ3n) is 4.50. The predicted molar refractivity (Wildman–Crippen MR) is 85.7 cm³/mol. The summed E-state index contributed by atoms with van der Waals surface area (Å²) in [5, 5.41) is 10.9. The summed E-state index contributed by atoms with van der Waals surface area (Å²) in [6.45, 7) is 6.27. The molecule has 1 fully saturated rings. The fourth-order valence-electron chi connectivity index (χ4n) is 3.21. The Kier molecular flexibility index (Phi) is 6.49. The van der Waals surface area contributed by atoms with E-state index in [-0.39, 0.29) is 0 Å². The zero-order valence-corrected chi connectivity index (χ0v) is 13.8. The highest BCUT2D eigenvalue weighted by Gasteiger charge is 2.30. The lowest BCUT2D eigenvalue weighted by Gasteiger charge is -2.36. The largest absolute Gasteiger partial charge is 0.385 e. The van der Waals surface area contributed by atoms with Crippen LogP contribution >= 0.6 is 11.6 Å². The summed E-state index contributed by atoms with van der Waals surface area (Å²) >= 11 is 5.85. The van der Waals surface area contributed by atoms with Crippen LogP contribution in [-0.2, 0) is 11.3 Å². The minimum Gasteiger partial charge on any atom is -0.385 e. The Hall–Kier alpha value is -0.610. The molecule has 1 saturated heterocycles. The van der Waals surface area contributed by atoms with Crippen molar-refractivity contribution < 1.29 is 14.7 Å². The molecule has 118 valence electrons. The molecule has 0 unspecified atom stereocenters. The minimum atomic E-state index is -0.393. The highest BCUT2D eigenvalue weighted by Crippen LogP contribution is 2.10. The quantitative estimate of drug-likeness (QED) is 0.843. The number of quaternary nitrogens is 1. The second-order valence-corrected chi connectivity index (χ2v) is 6.74. The maximum atomic E-state index is 10.2. The van der Waals surface area contributed by atoms with Crippen LogP contribution in [-0.4, -0.2) is 36.4 Å².